The van der Waals surface area contributed by atoms with E-state index in [9.17, 15) is 19.5 Å². The fraction of sp³-hybridized carbons (Fsp3) is 0.471. The highest BCUT2D eigenvalue weighted by molar-refractivity contribution is 5.89. The molecule has 1 aromatic rings. The topological polar surface area (TPSA) is 86.7 Å². The summed E-state index contributed by atoms with van der Waals surface area (Å²) < 4.78 is 0. The van der Waals surface area contributed by atoms with Crippen molar-refractivity contribution in [3.8, 4) is 0 Å². The van der Waals surface area contributed by atoms with Gasteiger partial charge in [-0.3, -0.25) is 9.59 Å². The Balaban J connectivity index is 2.15. The molecule has 2 rings (SSSR count). The summed E-state index contributed by atoms with van der Waals surface area (Å²) in [4.78, 5) is 37.2. The van der Waals surface area contributed by atoms with E-state index in [2.05, 4.69) is 5.32 Å². The fourth-order valence-corrected chi connectivity index (χ4v) is 2.89. The lowest BCUT2D eigenvalue weighted by molar-refractivity contribution is -0.144. The van der Waals surface area contributed by atoms with Crippen molar-refractivity contribution < 1.29 is 19.5 Å². The largest absolute Gasteiger partial charge is 0.479 e. The summed E-state index contributed by atoms with van der Waals surface area (Å²) in [5.74, 6) is -2.04. The normalized spacial score (nSPS) is 19.3. The van der Waals surface area contributed by atoms with Crippen molar-refractivity contribution >= 4 is 17.8 Å². The predicted octanol–water partition coefficient (Wildman–Crippen LogP) is 1.41. The van der Waals surface area contributed by atoms with Crippen LogP contribution in [0.15, 0.2) is 18.2 Å². The van der Waals surface area contributed by atoms with E-state index < -0.39 is 17.9 Å². The maximum absolute atomic E-state index is 12.4. The first kappa shape index (κ1) is 17.0. The highest BCUT2D eigenvalue weighted by atomic mass is 16.4. The average Bonchev–Trinajstić information content (AvgIpc) is 2.45. The number of carboxylic acids is 1. The summed E-state index contributed by atoms with van der Waals surface area (Å²) in [5.41, 5.74) is 2.42. The molecule has 2 amide bonds. The number of rotatable bonds is 4. The van der Waals surface area contributed by atoms with Gasteiger partial charge in [0, 0.05) is 25.9 Å². The number of likely N-dealkylation sites (tertiary alicyclic amines) is 1. The standard InChI is InChI=1S/C17H22N2O4/c1-10-6-11(2)8-13(7-10)15(17(22)23)18-16(21)12-4-5-19(3)14(20)9-12/h6-8,12,15H,4-5,9H2,1-3H3,(H,18,21)(H,22,23). The molecule has 1 aliphatic rings. The fourth-order valence-electron chi connectivity index (χ4n) is 2.89. The lowest BCUT2D eigenvalue weighted by atomic mass is 9.94. The van der Waals surface area contributed by atoms with Crippen LogP contribution in [0.4, 0.5) is 0 Å². The van der Waals surface area contributed by atoms with E-state index in [1.165, 1.54) is 0 Å². The zero-order valence-electron chi connectivity index (χ0n) is 13.6. The van der Waals surface area contributed by atoms with Gasteiger partial charge in [-0.05, 0) is 25.8 Å². The van der Waals surface area contributed by atoms with Gasteiger partial charge in [-0.2, -0.15) is 0 Å². The van der Waals surface area contributed by atoms with Gasteiger partial charge in [0.2, 0.25) is 11.8 Å². The molecule has 124 valence electrons. The highest BCUT2D eigenvalue weighted by Crippen LogP contribution is 2.21. The van der Waals surface area contributed by atoms with Crippen LogP contribution in [0.2, 0.25) is 0 Å². The first-order valence-electron chi connectivity index (χ1n) is 7.63. The molecule has 6 nitrogen and oxygen atoms in total. The molecule has 2 N–H and O–H groups in total. The van der Waals surface area contributed by atoms with Crippen LogP contribution in [0.5, 0.6) is 0 Å². The summed E-state index contributed by atoms with van der Waals surface area (Å²) in [7, 11) is 1.70. The maximum atomic E-state index is 12.4. The number of carbonyl (C=O) groups is 3. The number of nitrogens with zero attached hydrogens (tertiary/aromatic N) is 1. The first-order chi connectivity index (χ1) is 10.8. The maximum Gasteiger partial charge on any atom is 0.330 e. The Morgan fingerprint density at radius 1 is 1.26 bits per heavy atom. The second kappa shape index (κ2) is 6.81. The molecule has 6 heteroatoms. The van der Waals surface area contributed by atoms with Crippen molar-refractivity contribution in [1.82, 2.24) is 10.2 Å². The third-order valence-electron chi connectivity index (χ3n) is 4.14. The van der Waals surface area contributed by atoms with Gasteiger partial charge in [-0.1, -0.05) is 29.3 Å². The van der Waals surface area contributed by atoms with Crippen molar-refractivity contribution in [3.05, 3.63) is 34.9 Å². The summed E-state index contributed by atoms with van der Waals surface area (Å²) in [5, 5.41) is 12.0. The number of aryl methyl sites for hydroxylation is 2. The van der Waals surface area contributed by atoms with Crippen LogP contribution in [-0.4, -0.2) is 41.4 Å². The molecule has 2 unspecified atom stereocenters. The van der Waals surface area contributed by atoms with Crippen molar-refractivity contribution in [3.63, 3.8) is 0 Å². The summed E-state index contributed by atoms with van der Waals surface area (Å²) in [6.07, 6.45) is 0.675. The number of benzene rings is 1. The van der Waals surface area contributed by atoms with Gasteiger partial charge in [0.1, 0.15) is 0 Å². The number of aliphatic carboxylic acids is 1. The minimum atomic E-state index is -1.11. The number of carboxylic acid groups (broad SMARTS) is 1. The Hall–Kier alpha value is -2.37. The van der Waals surface area contributed by atoms with Gasteiger partial charge in [0.05, 0.1) is 0 Å². The third kappa shape index (κ3) is 4.09. The second-order valence-corrected chi connectivity index (χ2v) is 6.21. The number of hydrogen-bond donors (Lipinski definition) is 2. The smallest absolute Gasteiger partial charge is 0.330 e. The van der Waals surface area contributed by atoms with E-state index in [0.717, 1.165) is 11.1 Å². The Morgan fingerprint density at radius 3 is 2.39 bits per heavy atom. The van der Waals surface area contributed by atoms with E-state index in [0.29, 0.717) is 18.5 Å². The molecule has 0 saturated carbocycles. The van der Waals surface area contributed by atoms with Crippen molar-refractivity contribution in [1.29, 1.82) is 0 Å². The van der Waals surface area contributed by atoms with E-state index in [4.69, 9.17) is 0 Å². The predicted molar refractivity (Wildman–Crippen MR) is 84.8 cm³/mol. The molecule has 1 aliphatic heterocycles. The zero-order valence-corrected chi connectivity index (χ0v) is 13.6. The SMILES string of the molecule is Cc1cc(C)cc(C(NC(=O)C2CCN(C)C(=O)C2)C(=O)O)c1. The van der Waals surface area contributed by atoms with Crippen LogP contribution in [0.1, 0.15) is 35.6 Å². The molecule has 23 heavy (non-hydrogen) atoms. The Bertz CT molecular complexity index is 621. The van der Waals surface area contributed by atoms with Crippen LogP contribution in [-0.2, 0) is 14.4 Å². The molecule has 1 heterocycles. The number of hydrogen-bond acceptors (Lipinski definition) is 3. The van der Waals surface area contributed by atoms with Gasteiger partial charge in [-0.25, -0.2) is 4.79 Å². The van der Waals surface area contributed by atoms with E-state index in [1.54, 1.807) is 24.1 Å². The molecular weight excluding hydrogens is 296 g/mol. The zero-order chi connectivity index (χ0) is 17.1. The molecule has 1 fully saturated rings. The molecule has 1 aromatic carbocycles. The number of amides is 2. The third-order valence-corrected chi connectivity index (χ3v) is 4.14. The lowest BCUT2D eigenvalue weighted by Crippen LogP contribution is -2.44. The molecule has 0 aromatic heterocycles. The minimum absolute atomic E-state index is 0.0883. The molecular formula is C17H22N2O4. The average molecular weight is 318 g/mol. The van der Waals surface area contributed by atoms with Crippen LogP contribution in [0.25, 0.3) is 0 Å². The van der Waals surface area contributed by atoms with Crippen LogP contribution in [0, 0.1) is 19.8 Å². The van der Waals surface area contributed by atoms with E-state index in [-0.39, 0.29) is 18.2 Å². The Kier molecular flexibility index (Phi) is 5.03. The Morgan fingerprint density at radius 2 is 1.87 bits per heavy atom. The van der Waals surface area contributed by atoms with E-state index in [1.807, 2.05) is 19.9 Å². The van der Waals surface area contributed by atoms with Gasteiger partial charge in [-0.15, -0.1) is 0 Å². The molecule has 0 bridgehead atoms. The molecule has 1 saturated heterocycles. The first-order valence-corrected chi connectivity index (χ1v) is 7.63. The van der Waals surface area contributed by atoms with Crippen LogP contribution in [0.3, 0.4) is 0 Å². The summed E-state index contributed by atoms with van der Waals surface area (Å²) in [6, 6.07) is 4.35. The van der Waals surface area contributed by atoms with Crippen molar-refractivity contribution in [2.75, 3.05) is 13.6 Å². The molecule has 0 aliphatic carbocycles. The van der Waals surface area contributed by atoms with Gasteiger partial charge >= 0.3 is 5.97 Å². The molecule has 0 spiro atoms. The summed E-state index contributed by atoms with van der Waals surface area (Å²) >= 11 is 0. The van der Waals surface area contributed by atoms with E-state index >= 15 is 0 Å². The van der Waals surface area contributed by atoms with Crippen LogP contribution >= 0.6 is 0 Å². The van der Waals surface area contributed by atoms with Crippen LogP contribution < -0.4 is 5.32 Å². The number of carbonyl (C=O) groups excluding carboxylic acids is 2. The van der Waals surface area contributed by atoms with Crippen molar-refractivity contribution in [2.24, 2.45) is 5.92 Å². The quantitative estimate of drug-likeness (QED) is 0.879. The monoisotopic (exact) mass is 318 g/mol. The van der Waals surface area contributed by atoms with Gasteiger partial charge < -0.3 is 15.3 Å². The number of piperidine rings is 1. The number of nitrogens with one attached hydrogen (secondary N) is 1. The second-order valence-electron chi connectivity index (χ2n) is 6.21. The summed E-state index contributed by atoms with van der Waals surface area (Å²) in [6.45, 7) is 4.28. The van der Waals surface area contributed by atoms with Crippen molar-refractivity contribution in [2.45, 2.75) is 32.7 Å². The minimum Gasteiger partial charge on any atom is -0.479 e. The molecule has 2 atom stereocenters. The Labute approximate surface area is 135 Å². The van der Waals surface area contributed by atoms with Gasteiger partial charge in [0.25, 0.3) is 0 Å². The van der Waals surface area contributed by atoms with Gasteiger partial charge in [0.15, 0.2) is 6.04 Å². The molecule has 0 radical (unpaired) electrons. The lowest BCUT2D eigenvalue weighted by Gasteiger charge is -2.29. The highest BCUT2D eigenvalue weighted by Gasteiger charge is 2.31.